The van der Waals surface area contributed by atoms with Gasteiger partial charge >= 0.3 is 0 Å². The highest BCUT2D eigenvalue weighted by molar-refractivity contribution is 6.31. The number of carbonyl (C=O) groups is 1. The van der Waals surface area contributed by atoms with Crippen LogP contribution in [0.5, 0.6) is 5.75 Å². The lowest BCUT2D eigenvalue weighted by Gasteiger charge is -2.17. The van der Waals surface area contributed by atoms with Crippen LogP contribution < -0.4 is 21.1 Å². The SMILES string of the molecule is NC1(COc2cc3ncnc(Nc4ccc(F)c(Cl)c4)c3cc2NC(=O)C(F)=CCN2CCC(OCCO)C2)CC1. The van der Waals surface area contributed by atoms with E-state index in [1.54, 1.807) is 12.1 Å². The fraction of sp³-hybridized carbons (Fsp3) is 0.393. The minimum absolute atomic E-state index is 0.0296. The Kier molecular flexibility index (Phi) is 8.95. The van der Waals surface area contributed by atoms with E-state index in [2.05, 4.69) is 20.6 Å². The van der Waals surface area contributed by atoms with E-state index in [1.165, 1.54) is 30.6 Å². The molecule has 1 saturated carbocycles. The minimum Gasteiger partial charge on any atom is -0.489 e. The number of halogens is 3. The van der Waals surface area contributed by atoms with Crippen molar-refractivity contribution in [2.24, 2.45) is 5.73 Å². The smallest absolute Gasteiger partial charge is 0.284 e. The molecule has 1 atom stereocenters. The van der Waals surface area contributed by atoms with Gasteiger partial charge in [0, 0.05) is 36.8 Å². The maximum Gasteiger partial charge on any atom is 0.284 e. The normalized spacial score (nSPS) is 18.5. The van der Waals surface area contributed by atoms with Gasteiger partial charge in [-0.15, -0.1) is 0 Å². The lowest BCUT2D eigenvalue weighted by Crippen LogP contribution is -2.30. The molecule has 0 spiro atoms. The third-order valence-electron chi connectivity index (χ3n) is 6.99. The molecule has 0 radical (unpaired) electrons. The molecule has 13 heteroatoms. The van der Waals surface area contributed by atoms with Crippen molar-refractivity contribution in [1.29, 1.82) is 0 Å². The molecule has 10 nitrogen and oxygen atoms in total. The van der Waals surface area contributed by atoms with Gasteiger partial charge in [0.15, 0.2) is 5.83 Å². The number of aliphatic hydroxyl groups is 1. The summed E-state index contributed by atoms with van der Waals surface area (Å²) in [6.45, 7) is 1.94. The van der Waals surface area contributed by atoms with Crippen molar-refractivity contribution < 1.29 is 28.2 Å². The number of hydrogen-bond donors (Lipinski definition) is 4. The van der Waals surface area contributed by atoms with Gasteiger partial charge in [-0.2, -0.15) is 0 Å². The highest BCUT2D eigenvalue weighted by Crippen LogP contribution is 2.37. The molecule has 41 heavy (non-hydrogen) atoms. The number of benzene rings is 2. The van der Waals surface area contributed by atoms with Crippen molar-refractivity contribution >= 4 is 45.6 Å². The standard InChI is InChI=1S/C28H31ClF2N6O4/c29-20-11-17(1-2-21(20)30)35-26-19-12-24(25(13-23(19)33-16-34-26)41-15-28(32)5-6-28)36-27(39)22(31)4-8-37-7-3-18(14-37)40-10-9-38/h1-2,4,11-13,16,18,38H,3,5-10,14-15,32H2,(H,36,39)(H,33,34,35). The van der Waals surface area contributed by atoms with E-state index in [1.807, 2.05) is 4.90 Å². The summed E-state index contributed by atoms with van der Waals surface area (Å²) in [7, 11) is 0. The van der Waals surface area contributed by atoms with E-state index < -0.39 is 23.1 Å². The van der Waals surface area contributed by atoms with E-state index in [4.69, 9.17) is 31.9 Å². The third kappa shape index (κ3) is 7.46. The van der Waals surface area contributed by atoms with Crippen LogP contribution in [-0.2, 0) is 9.53 Å². The van der Waals surface area contributed by atoms with E-state index >= 15 is 0 Å². The summed E-state index contributed by atoms with van der Waals surface area (Å²) in [4.78, 5) is 23.4. The van der Waals surface area contributed by atoms with Crippen molar-refractivity contribution in [1.82, 2.24) is 14.9 Å². The number of anilines is 3. The van der Waals surface area contributed by atoms with Gasteiger partial charge < -0.3 is 30.9 Å². The average molecular weight is 589 g/mol. The maximum atomic E-state index is 14.9. The highest BCUT2D eigenvalue weighted by atomic mass is 35.5. The Morgan fingerprint density at radius 1 is 1.29 bits per heavy atom. The fourth-order valence-corrected chi connectivity index (χ4v) is 4.62. The van der Waals surface area contributed by atoms with Crippen molar-refractivity contribution in [3.63, 3.8) is 0 Å². The molecular weight excluding hydrogens is 558 g/mol. The number of rotatable bonds is 12. The Hall–Kier alpha value is -3.42. The average Bonchev–Trinajstić information content (AvgIpc) is 3.52. The maximum absolute atomic E-state index is 14.9. The second-order valence-electron chi connectivity index (χ2n) is 10.3. The number of nitrogens with zero attached hydrogens (tertiary/aromatic N) is 3. The van der Waals surface area contributed by atoms with E-state index in [-0.39, 0.29) is 48.9 Å². The quantitative estimate of drug-likeness (QED) is 0.232. The van der Waals surface area contributed by atoms with Gasteiger partial charge in [-0.25, -0.2) is 18.7 Å². The highest BCUT2D eigenvalue weighted by Gasteiger charge is 2.39. The first-order valence-electron chi connectivity index (χ1n) is 13.3. The van der Waals surface area contributed by atoms with Gasteiger partial charge in [-0.1, -0.05) is 11.6 Å². The number of carbonyl (C=O) groups excluding carboxylic acids is 1. The lowest BCUT2D eigenvalue weighted by molar-refractivity contribution is -0.114. The molecule has 1 amide bonds. The number of hydrogen-bond acceptors (Lipinski definition) is 9. The Labute approximate surface area is 240 Å². The summed E-state index contributed by atoms with van der Waals surface area (Å²) in [5.41, 5.74) is 6.95. The number of aliphatic hydroxyl groups excluding tert-OH is 1. The third-order valence-corrected chi connectivity index (χ3v) is 7.28. The Balaban J connectivity index is 1.36. The number of nitrogens with one attached hydrogen (secondary N) is 2. The Morgan fingerprint density at radius 2 is 2.12 bits per heavy atom. The summed E-state index contributed by atoms with van der Waals surface area (Å²) >= 11 is 5.92. The van der Waals surface area contributed by atoms with Crippen LogP contribution in [0, 0.1) is 5.82 Å². The molecule has 2 aliphatic rings. The van der Waals surface area contributed by atoms with Crippen LogP contribution in [0.15, 0.2) is 48.6 Å². The fourth-order valence-electron chi connectivity index (χ4n) is 4.44. The van der Waals surface area contributed by atoms with Gasteiger partial charge in [0.1, 0.15) is 30.3 Å². The molecule has 1 aliphatic heterocycles. The molecule has 218 valence electrons. The zero-order chi connectivity index (χ0) is 29.0. The predicted octanol–water partition coefficient (Wildman–Crippen LogP) is 3.91. The van der Waals surface area contributed by atoms with Gasteiger partial charge in [0.25, 0.3) is 5.91 Å². The first-order valence-corrected chi connectivity index (χ1v) is 13.7. The summed E-state index contributed by atoms with van der Waals surface area (Å²) in [5.74, 6) is -1.79. The lowest BCUT2D eigenvalue weighted by atomic mass is 10.1. The Morgan fingerprint density at radius 3 is 2.88 bits per heavy atom. The second-order valence-corrected chi connectivity index (χ2v) is 10.7. The van der Waals surface area contributed by atoms with E-state index in [0.717, 1.165) is 19.3 Å². The Bertz CT molecular complexity index is 1450. The van der Waals surface area contributed by atoms with Crippen LogP contribution in [0.25, 0.3) is 10.9 Å². The van der Waals surface area contributed by atoms with Crippen molar-refractivity contribution in [2.45, 2.75) is 30.9 Å². The molecule has 1 unspecified atom stereocenters. The van der Waals surface area contributed by atoms with Crippen LogP contribution in [0.4, 0.5) is 26.0 Å². The number of aromatic nitrogens is 2. The molecule has 2 fully saturated rings. The molecule has 1 saturated heterocycles. The van der Waals surface area contributed by atoms with Crippen LogP contribution in [0.1, 0.15) is 19.3 Å². The van der Waals surface area contributed by atoms with Gasteiger partial charge in [0.2, 0.25) is 0 Å². The van der Waals surface area contributed by atoms with Gasteiger partial charge in [0.05, 0.1) is 41.1 Å². The van der Waals surface area contributed by atoms with Gasteiger partial charge in [-0.3, -0.25) is 9.69 Å². The second kappa shape index (κ2) is 12.6. The van der Waals surface area contributed by atoms with E-state index in [9.17, 15) is 13.6 Å². The number of fused-ring (bicyclic) bond motifs is 1. The van der Waals surface area contributed by atoms with Crippen molar-refractivity contribution in [3.05, 3.63) is 59.4 Å². The van der Waals surface area contributed by atoms with E-state index in [0.29, 0.717) is 35.5 Å². The first-order chi connectivity index (χ1) is 19.7. The van der Waals surface area contributed by atoms with Gasteiger partial charge in [-0.05, 0) is 49.6 Å². The number of ether oxygens (including phenoxy) is 2. The van der Waals surface area contributed by atoms with Crippen molar-refractivity contribution in [2.75, 3.05) is 50.1 Å². The molecule has 1 aliphatic carbocycles. The number of nitrogens with two attached hydrogens (primary N) is 1. The summed E-state index contributed by atoms with van der Waals surface area (Å²) in [6.07, 6.45) is 4.95. The molecule has 5 rings (SSSR count). The summed E-state index contributed by atoms with van der Waals surface area (Å²) < 4.78 is 40.1. The molecule has 5 N–H and O–H groups in total. The zero-order valence-corrected chi connectivity index (χ0v) is 23.0. The minimum atomic E-state index is -0.947. The number of likely N-dealkylation sites (tertiary alicyclic amines) is 1. The van der Waals surface area contributed by atoms with Crippen LogP contribution in [0.3, 0.4) is 0 Å². The van der Waals surface area contributed by atoms with Crippen molar-refractivity contribution in [3.8, 4) is 5.75 Å². The molecule has 0 bridgehead atoms. The van der Waals surface area contributed by atoms with Crippen LogP contribution in [0.2, 0.25) is 5.02 Å². The largest absolute Gasteiger partial charge is 0.489 e. The molecule has 2 aromatic carbocycles. The molecular formula is C28H31ClF2N6O4. The molecule has 3 aromatic rings. The van der Waals surface area contributed by atoms with Crippen LogP contribution in [-0.4, -0.2) is 77.0 Å². The predicted molar refractivity (Wildman–Crippen MR) is 152 cm³/mol. The number of amides is 1. The monoisotopic (exact) mass is 588 g/mol. The topological polar surface area (TPSA) is 135 Å². The summed E-state index contributed by atoms with van der Waals surface area (Å²) in [6, 6.07) is 7.37. The molecule has 2 heterocycles. The summed E-state index contributed by atoms with van der Waals surface area (Å²) in [5, 5.41) is 15.0. The first kappa shape index (κ1) is 29.1. The zero-order valence-electron chi connectivity index (χ0n) is 22.2. The van der Waals surface area contributed by atoms with Crippen LogP contribution >= 0.6 is 11.6 Å². The molecule has 1 aromatic heterocycles.